The third kappa shape index (κ3) is 3.07. The molecular formula is C15H22N2O2. The number of hydrogen-bond acceptors (Lipinski definition) is 3. The predicted octanol–water partition coefficient (Wildman–Crippen LogP) is 1.66. The van der Waals surface area contributed by atoms with E-state index in [9.17, 15) is 9.90 Å². The van der Waals surface area contributed by atoms with Gasteiger partial charge in [0.2, 0.25) is 5.91 Å². The Morgan fingerprint density at radius 1 is 1.42 bits per heavy atom. The number of likely N-dealkylation sites (tertiary alicyclic amines) is 1. The first kappa shape index (κ1) is 13.9. The van der Waals surface area contributed by atoms with E-state index in [0.29, 0.717) is 6.42 Å². The van der Waals surface area contributed by atoms with Crippen molar-refractivity contribution in [3.63, 3.8) is 0 Å². The van der Waals surface area contributed by atoms with Crippen LogP contribution < -0.4 is 5.73 Å². The van der Waals surface area contributed by atoms with Gasteiger partial charge in [-0.15, -0.1) is 0 Å². The van der Waals surface area contributed by atoms with Gasteiger partial charge in [0, 0.05) is 12.1 Å². The standard InChI is InChI=1S/C15H22N2O2/c1-15(2)8-3-9-17(15)14(19)13(16)10-11-4-6-12(18)7-5-11/h4-7,13,18H,3,8-10,16H2,1-2H3/t13-/m0/s1. The fraction of sp³-hybridized carbons (Fsp3) is 0.533. The number of nitrogens with zero attached hydrogens (tertiary/aromatic N) is 1. The van der Waals surface area contributed by atoms with Crippen LogP contribution in [0.4, 0.5) is 0 Å². The van der Waals surface area contributed by atoms with Crippen molar-refractivity contribution in [3.05, 3.63) is 29.8 Å². The van der Waals surface area contributed by atoms with E-state index < -0.39 is 6.04 Å². The first-order valence-electron chi connectivity index (χ1n) is 6.75. The Hall–Kier alpha value is -1.55. The van der Waals surface area contributed by atoms with Gasteiger partial charge in [0.15, 0.2) is 0 Å². The lowest BCUT2D eigenvalue weighted by atomic mass is 10.00. The Morgan fingerprint density at radius 2 is 2.05 bits per heavy atom. The molecule has 1 heterocycles. The number of amides is 1. The molecule has 0 radical (unpaired) electrons. The van der Waals surface area contributed by atoms with E-state index in [1.54, 1.807) is 24.3 Å². The summed E-state index contributed by atoms with van der Waals surface area (Å²) in [4.78, 5) is 14.3. The van der Waals surface area contributed by atoms with Crippen LogP contribution in [0, 0.1) is 0 Å². The number of rotatable bonds is 3. The van der Waals surface area contributed by atoms with Crippen LogP contribution >= 0.6 is 0 Å². The van der Waals surface area contributed by atoms with E-state index in [2.05, 4.69) is 13.8 Å². The lowest BCUT2D eigenvalue weighted by molar-refractivity contribution is -0.135. The van der Waals surface area contributed by atoms with Gasteiger partial charge in [-0.25, -0.2) is 0 Å². The summed E-state index contributed by atoms with van der Waals surface area (Å²) in [7, 11) is 0. The van der Waals surface area contributed by atoms with Gasteiger partial charge < -0.3 is 15.7 Å². The van der Waals surface area contributed by atoms with Crippen LogP contribution in [-0.4, -0.2) is 34.0 Å². The molecule has 1 saturated heterocycles. The third-order valence-electron chi connectivity index (χ3n) is 3.88. The normalized spacial score (nSPS) is 19.4. The van der Waals surface area contributed by atoms with Crippen LogP contribution in [-0.2, 0) is 11.2 Å². The van der Waals surface area contributed by atoms with Gasteiger partial charge >= 0.3 is 0 Å². The van der Waals surface area contributed by atoms with Crippen LogP contribution in [0.3, 0.4) is 0 Å². The summed E-state index contributed by atoms with van der Waals surface area (Å²) < 4.78 is 0. The zero-order valence-corrected chi connectivity index (χ0v) is 11.6. The molecule has 1 fully saturated rings. The fourth-order valence-corrected chi connectivity index (χ4v) is 2.69. The highest BCUT2D eigenvalue weighted by Crippen LogP contribution is 2.28. The molecule has 0 aliphatic carbocycles. The summed E-state index contributed by atoms with van der Waals surface area (Å²) in [5.41, 5.74) is 6.92. The molecule has 0 unspecified atom stereocenters. The largest absolute Gasteiger partial charge is 0.508 e. The summed E-state index contributed by atoms with van der Waals surface area (Å²) in [6, 6.07) is 6.33. The van der Waals surface area contributed by atoms with E-state index in [-0.39, 0.29) is 17.2 Å². The van der Waals surface area contributed by atoms with Gasteiger partial charge in [-0.05, 0) is 50.8 Å². The summed E-state index contributed by atoms with van der Waals surface area (Å²) in [6.45, 7) is 4.98. The van der Waals surface area contributed by atoms with Crippen molar-refractivity contribution in [2.24, 2.45) is 5.73 Å². The highest BCUT2D eigenvalue weighted by molar-refractivity contribution is 5.83. The van der Waals surface area contributed by atoms with E-state index in [1.165, 1.54) is 0 Å². The second-order valence-corrected chi connectivity index (χ2v) is 5.88. The van der Waals surface area contributed by atoms with Gasteiger partial charge in [0.25, 0.3) is 0 Å². The minimum Gasteiger partial charge on any atom is -0.508 e. The van der Waals surface area contributed by atoms with Crippen molar-refractivity contribution in [2.45, 2.75) is 44.7 Å². The van der Waals surface area contributed by atoms with E-state index >= 15 is 0 Å². The predicted molar refractivity (Wildman–Crippen MR) is 74.8 cm³/mol. The maximum Gasteiger partial charge on any atom is 0.240 e. The zero-order chi connectivity index (χ0) is 14.0. The number of carbonyl (C=O) groups is 1. The molecule has 4 nitrogen and oxygen atoms in total. The summed E-state index contributed by atoms with van der Waals surface area (Å²) in [5.74, 6) is 0.250. The highest BCUT2D eigenvalue weighted by Gasteiger charge is 2.37. The molecule has 3 N–H and O–H groups in total. The van der Waals surface area contributed by atoms with Crippen LogP contribution in [0.1, 0.15) is 32.3 Å². The molecule has 1 aliphatic heterocycles. The van der Waals surface area contributed by atoms with Crippen LogP contribution in [0.25, 0.3) is 0 Å². The topological polar surface area (TPSA) is 66.6 Å². The highest BCUT2D eigenvalue weighted by atomic mass is 16.3. The van der Waals surface area contributed by atoms with Gasteiger partial charge in [0.05, 0.1) is 6.04 Å². The molecule has 2 rings (SSSR count). The number of carbonyl (C=O) groups excluding carboxylic acids is 1. The summed E-state index contributed by atoms with van der Waals surface area (Å²) >= 11 is 0. The van der Waals surface area contributed by atoms with Crippen LogP contribution in [0.2, 0.25) is 0 Å². The Labute approximate surface area is 114 Å². The molecule has 0 bridgehead atoms. The van der Waals surface area contributed by atoms with Gasteiger partial charge in [-0.3, -0.25) is 4.79 Å². The van der Waals surface area contributed by atoms with Crippen molar-refractivity contribution >= 4 is 5.91 Å². The van der Waals surface area contributed by atoms with Crippen molar-refractivity contribution in [2.75, 3.05) is 6.54 Å². The van der Waals surface area contributed by atoms with Crippen molar-refractivity contribution in [1.29, 1.82) is 0 Å². The second-order valence-electron chi connectivity index (χ2n) is 5.88. The molecule has 1 aromatic carbocycles. The quantitative estimate of drug-likeness (QED) is 0.870. The van der Waals surface area contributed by atoms with Gasteiger partial charge in [0.1, 0.15) is 5.75 Å². The number of benzene rings is 1. The molecule has 0 saturated carbocycles. The third-order valence-corrected chi connectivity index (χ3v) is 3.88. The molecule has 1 aromatic rings. The molecule has 104 valence electrons. The van der Waals surface area contributed by atoms with E-state index in [4.69, 9.17) is 5.73 Å². The lowest BCUT2D eigenvalue weighted by Gasteiger charge is -2.33. The minimum absolute atomic E-state index is 0.0237. The van der Waals surface area contributed by atoms with Crippen molar-refractivity contribution in [3.8, 4) is 5.75 Å². The van der Waals surface area contributed by atoms with Gasteiger partial charge in [-0.1, -0.05) is 12.1 Å². The Kier molecular flexibility index (Phi) is 3.80. The molecule has 0 aromatic heterocycles. The van der Waals surface area contributed by atoms with Crippen LogP contribution in [0.5, 0.6) is 5.75 Å². The van der Waals surface area contributed by atoms with E-state index in [1.807, 2.05) is 4.90 Å². The smallest absolute Gasteiger partial charge is 0.240 e. The minimum atomic E-state index is -0.512. The van der Waals surface area contributed by atoms with Crippen molar-refractivity contribution in [1.82, 2.24) is 4.90 Å². The molecule has 4 heteroatoms. The Morgan fingerprint density at radius 3 is 2.58 bits per heavy atom. The first-order valence-corrected chi connectivity index (χ1v) is 6.75. The maximum atomic E-state index is 12.4. The first-order chi connectivity index (χ1) is 8.90. The molecule has 19 heavy (non-hydrogen) atoms. The number of aromatic hydroxyl groups is 1. The summed E-state index contributed by atoms with van der Waals surface area (Å²) in [6.07, 6.45) is 2.58. The second kappa shape index (κ2) is 5.21. The van der Waals surface area contributed by atoms with Crippen molar-refractivity contribution < 1.29 is 9.90 Å². The van der Waals surface area contributed by atoms with Crippen LogP contribution in [0.15, 0.2) is 24.3 Å². The maximum absolute atomic E-state index is 12.4. The van der Waals surface area contributed by atoms with E-state index in [0.717, 1.165) is 24.9 Å². The molecule has 0 spiro atoms. The monoisotopic (exact) mass is 262 g/mol. The average Bonchev–Trinajstić information content (AvgIpc) is 2.71. The Balaban J connectivity index is 2.01. The number of phenolic OH excluding ortho intramolecular Hbond substituents is 1. The summed E-state index contributed by atoms with van der Waals surface area (Å²) in [5, 5.41) is 9.23. The van der Waals surface area contributed by atoms with Gasteiger partial charge in [-0.2, -0.15) is 0 Å². The average molecular weight is 262 g/mol. The molecule has 1 amide bonds. The molecule has 1 aliphatic rings. The number of phenols is 1. The number of nitrogens with two attached hydrogens (primary N) is 1. The molecular weight excluding hydrogens is 240 g/mol. The zero-order valence-electron chi connectivity index (χ0n) is 11.6. The Bertz CT molecular complexity index is 454. The number of hydrogen-bond donors (Lipinski definition) is 2. The lowest BCUT2D eigenvalue weighted by Crippen LogP contribution is -2.50. The molecule has 1 atom stereocenters. The fourth-order valence-electron chi connectivity index (χ4n) is 2.69. The SMILES string of the molecule is CC1(C)CCCN1C(=O)[C@@H](N)Cc1ccc(O)cc1.